The molecule has 1 rings (SSSR count). The van der Waals surface area contributed by atoms with Crippen LogP contribution in [-0.4, -0.2) is 23.2 Å². The highest BCUT2D eigenvalue weighted by Gasteiger charge is 2.10. The summed E-state index contributed by atoms with van der Waals surface area (Å²) in [6, 6.07) is 6.69. The molecule has 0 aliphatic heterocycles. The summed E-state index contributed by atoms with van der Waals surface area (Å²) in [6.45, 7) is 4.56. The number of ether oxygens (including phenoxy) is 1. The molecule has 0 amide bonds. The number of nitrogens with two attached hydrogens (primary N) is 1. The molecule has 4 heteroatoms. The lowest BCUT2D eigenvalue weighted by Gasteiger charge is -2.18. The van der Waals surface area contributed by atoms with Crippen LogP contribution in [0.25, 0.3) is 0 Å². The lowest BCUT2D eigenvalue weighted by molar-refractivity contribution is 0.0695. The first kappa shape index (κ1) is 12.7. The van der Waals surface area contributed by atoms with Crippen LogP contribution >= 0.6 is 0 Å². The third kappa shape index (κ3) is 4.42. The molecule has 0 radical (unpaired) electrons. The van der Waals surface area contributed by atoms with E-state index in [-0.39, 0.29) is 11.1 Å². The number of hydrogen-bond donors (Lipinski definition) is 2. The first-order chi connectivity index (χ1) is 7.38. The van der Waals surface area contributed by atoms with Crippen molar-refractivity contribution in [3.05, 3.63) is 35.4 Å². The van der Waals surface area contributed by atoms with Crippen molar-refractivity contribution in [2.45, 2.75) is 26.0 Å². The van der Waals surface area contributed by atoms with Crippen LogP contribution in [0.4, 0.5) is 0 Å². The number of carboxylic acids is 1. The fraction of sp³-hybridized carbons (Fsp3) is 0.417. The third-order valence-corrected chi connectivity index (χ3v) is 1.92. The molecule has 0 saturated carbocycles. The third-order valence-electron chi connectivity index (χ3n) is 1.92. The van der Waals surface area contributed by atoms with Gasteiger partial charge in [-0.05, 0) is 31.5 Å². The summed E-state index contributed by atoms with van der Waals surface area (Å²) in [4.78, 5) is 10.7. The maximum Gasteiger partial charge on any atom is 0.335 e. The highest BCUT2D eigenvalue weighted by molar-refractivity contribution is 5.87. The van der Waals surface area contributed by atoms with Gasteiger partial charge in [-0.15, -0.1) is 0 Å². The van der Waals surface area contributed by atoms with Crippen molar-refractivity contribution < 1.29 is 14.6 Å². The number of rotatable bonds is 5. The van der Waals surface area contributed by atoms with Crippen LogP contribution in [0.5, 0.6) is 0 Å². The van der Waals surface area contributed by atoms with Crippen LogP contribution in [0.15, 0.2) is 24.3 Å². The topological polar surface area (TPSA) is 72.5 Å². The number of carboxylic acid groups (broad SMARTS) is 1. The van der Waals surface area contributed by atoms with E-state index in [1.807, 2.05) is 19.9 Å². The summed E-state index contributed by atoms with van der Waals surface area (Å²) in [7, 11) is 0. The first-order valence-electron chi connectivity index (χ1n) is 5.07. The second-order valence-electron chi connectivity index (χ2n) is 4.49. The second kappa shape index (κ2) is 5.09. The molecule has 0 spiro atoms. The van der Waals surface area contributed by atoms with Crippen LogP contribution in [0.2, 0.25) is 0 Å². The van der Waals surface area contributed by atoms with Gasteiger partial charge in [0.15, 0.2) is 0 Å². The monoisotopic (exact) mass is 223 g/mol. The van der Waals surface area contributed by atoms with E-state index in [4.69, 9.17) is 15.6 Å². The van der Waals surface area contributed by atoms with Crippen molar-refractivity contribution in [2.24, 2.45) is 5.73 Å². The van der Waals surface area contributed by atoms with Crippen molar-refractivity contribution in [3.63, 3.8) is 0 Å². The molecule has 0 atom stereocenters. The van der Waals surface area contributed by atoms with Gasteiger partial charge in [0.25, 0.3) is 0 Å². The van der Waals surface area contributed by atoms with Crippen LogP contribution in [0.1, 0.15) is 29.8 Å². The predicted octanol–water partition coefficient (Wildman–Crippen LogP) is 1.64. The Kier molecular flexibility index (Phi) is 4.04. The summed E-state index contributed by atoms with van der Waals surface area (Å²) in [5.74, 6) is -0.930. The van der Waals surface area contributed by atoms with E-state index in [9.17, 15) is 4.79 Å². The van der Waals surface area contributed by atoms with Gasteiger partial charge in [-0.1, -0.05) is 12.1 Å². The van der Waals surface area contributed by atoms with Crippen molar-refractivity contribution >= 4 is 5.97 Å². The van der Waals surface area contributed by atoms with Gasteiger partial charge in [0.05, 0.1) is 18.8 Å². The summed E-state index contributed by atoms with van der Waals surface area (Å²) in [5, 5.41) is 8.80. The molecule has 88 valence electrons. The Morgan fingerprint density at radius 3 is 2.75 bits per heavy atom. The van der Waals surface area contributed by atoms with Gasteiger partial charge in [0, 0.05) is 5.54 Å². The van der Waals surface area contributed by atoms with Crippen LogP contribution in [0.3, 0.4) is 0 Å². The summed E-state index contributed by atoms with van der Waals surface area (Å²) in [6.07, 6.45) is 0. The Labute approximate surface area is 95.0 Å². The molecule has 1 aromatic rings. The quantitative estimate of drug-likeness (QED) is 0.796. The summed E-state index contributed by atoms with van der Waals surface area (Å²) in [5.41, 5.74) is 6.50. The highest BCUT2D eigenvalue weighted by atomic mass is 16.5. The molecule has 0 bridgehead atoms. The van der Waals surface area contributed by atoms with Gasteiger partial charge < -0.3 is 15.6 Å². The standard InChI is InChI=1S/C12H17NO3/c1-12(2,13)8-16-7-9-4-3-5-10(6-9)11(14)15/h3-6H,7-8,13H2,1-2H3,(H,14,15). The van der Waals surface area contributed by atoms with Crippen molar-refractivity contribution in [1.29, 1.82) is 0 Å². The number of aromatic carboxylic acids is 1. The van der Waals surface area contributed by atoms with E-state index in [1.54, 1.807) is 18.2 Å². The Hall–Kier alpha value is -1.39. The van der Waals surface area contributed by atoms with E-state index >= 15 is 0 Å². The molecule has 0 unspecified atom stereocenters. The van der Waals surface area contributed by atoms with E-state index in [1.165, 1.54) is 0 Å². The highest BCUT2D eigenvalue weighted by Crippen LogP contribution is 2.08. The van der Waals surface area contributed by atoms with Crippen LogP contribution in [-0.2, 0) is 11.3 Å². The van der Waals surface area contributed by atoms with E-state index in [0.29, 0.717) is 13.2 Å². The minimum atomic E-state index is -0.930. The van der Waals surface area contributed by atoms with Crippen molar-refractivity contribution in [3.8, 4) is 0 Å². The SMILES string of the molecule is CC(C)(N)COCc1cccc(C(=O)O)c1. The Morgan fingerprint density at radius 1 is 1.50 bits per heavy atom. The predicted molar refractivity (Wildman–Crippen MR) is 61.3 cm³/mol. The van der Waals surface area contributed by atoms with Gasteiger partial charge in [0.2, 0.25) is 0 Å². The molecule has 0 aromatic heterocycles. The molecule has 0 aliphatic carbocycles. The normalized spacial score (nSPS) is 11.4. The summed E-state index contributed by atoms with van der Waals surface area (Å²) >= 11 is 0. The molecular formula is C12H17NO3. The van der Waals surface area contributed by atoms with Crippen molar-refractivity contribution in [1.82, 2.24) is 0 Å². The molecule has 1 aromatic carbocycles. The van der Waals surface area contributed by atoms with Crippen molar-refractivity contribution in [2.75, 3.05) is 6.61 Å². The van der Waals surface area contributed by atoms with E-state index in [0.717, 1.165) is 5.56 Å². The fourth-order valence-electron chi connectivity index (χ4n) is 1.23. The fourth-order valence-corrected chi connectivity index (χ4v) is 1.23. The minimum Gasteiger partial charge on any atom is -0.478 e. The van der Waals surface area contributed by atoms with Gasteiger partial charge in [-0.25, -0.2) is 4.79 Å². The first-order valence-corrected chi connectivity index (χ1v) is 5.07. The van der Waals surface area contributed by atoms with Gasteiger partial charge in [-0.2, -0.15) is 0 Å². The molecule has 16 heavy (non-hydrogen) atoms. The largest absolute Gasteiger partial charge is 0.478 e. The lowest BCUT2D eigenvalue weighted by Crippen LogP contribution is -2.37. The van der Waals surface area contributed by atoms with E-state index in [2.05, 4.69) is 0 Å². The molecule has 4 nitrogen and oxygen atoms in total. The van der Waals surface area contributed by atoms with E-state index < -0.39 is 5.97 Å². The maximum absolute atomic E-state index is 10.7. The molecule has 0 aliphatic rings. The maximum atomic E-state index is 10.7. The average Bonchev–Trinajstić information content (AvgIpc) is 2.16. The minimum absolute atomic E-state index is 0.271. The average molecular weight is 223 g/mol. The second-order valence-corrected chi connectivity index (χ2v) is 4.49. The Morgan fingerprint density at radius 2 is 2.19 bits per heavy atom. The molecule has 0 fully saturated rings. The molecule has 0 heterocycles. The number of benzene rings is 1. The number of carbonyl (C=O) groups is 1. The Bertz CT molecular complexity index is 369. The molecule has 0 saturated heterocycles. The number of hydrogen-bond acceptors (Lipinski definition) is 3. The zero-order valence-corrected chi connectivity index (χ0v) is 9.56. The van der Waals surface area contributed by atoms with Gasteiger partial charge in [0.1, 0.15) is 0 Å². The molecule has 3 N–H and O–H groups in total. The molecular weight excluding hydrogens is 206 g/mol. The van der Waals surface area contributed by atoms with Gasteiger partial charge in [-0.3, -0.25) is 0 Å². The smallest absolute Gasteiger partial charge is 0.335 e. The Balaban J connectivity index is 2.55. The van der Waals surface area contributed by atoms with Crippen LogP contribution in [0, 0.1) is 0 Å². The van der Waals surface area contributed by atoms with Gasteiger partial charge >= 0.3 is 5.97 Å². The lowest BCUT2D eigenvalue weighted by atomic mass is 10.1. The zero-order chi connectivity index (χ0) is 12.2. The summed E-state index contributed by atoms with van der Waals surface area (Å²) < 4.78 is 5.40. The zero-order valence-electron chi connectivity index (χ0n) is 9.56. The van der Waals surface area contributed by atoms with Crippen LogP contribution < -0.4 is 5.73 Å².